The van der Waals surface area contributed by atoms with Crippen molar-refractivity contribution in [1.29, 1.82) is 0 Å². The first-order valence-corrected chi connectivity index (χ1v) is 7.66. The average Bonchev–Trinajstić information content (AvgIpc) is 2.98. The first-order chi connectivity index (χ1) is 11.6. The van der Waals surface area contributed by atoms with E-state index < -0.39 is 23.8 Å². The number of methoxy groups -OCH3 is 1. The summed E-state index contributed by atoms with van der Waals surface area (Å²) in [5, 5.41) is 0. The molecule has 1 fully saturated rings. The zero-order valence-electron chi connectivity index (χ0n) is 13.1. The summed E-state index contributed by atoms with van der Waals surface area (Å²) in [6.45, 7) is 0.121. The molecule has 4 nitrogen and oxygen atoms in total. The van der Waals surface area contributed by atoms with Crippen molar-refractivity contribution in [3.63, 3.8) is 0 Å². The molecule has 0 N–H and O–H groups in total. The molecule has 5 heteroatoms. The molecule has 1 aliphatic rings. The van der Waals surface area contributed by atoms with Crippen molar-refractivity contribution in [1.82, 2.24) is 0 Å². The summed E-state index contributed by atoms with van der Waals surface area (Å²) < 4.78 is 23.2. The van der Waals surface area contributed by atoms with Crippen LogP contribution in [0.2, 0.25) is 0 Å². The molecule has 1 aliphatic heterocycles. The molecular weight excluding hydrogens is 311 g/mol. The third-order valence-corrected chi connectivity index (χ3v) is 4.37. The minimum absolute atomic E-state index is 0.121. The molecule has 2 aromatic rings. The van der Waals surface area contributed by atoms with E-state index in [1.807, 2.05) is 30.3 Å². The van der Waals surface area contributed by atoms with Gasteiger partial charge in [-0.3, -0.25) is 9.59 Å². The monoisotopic (exact) mass is 328 g/mol. The molecule has 0 aromatic heterocycles. The van der Waals surface area contributed by atoms with Gasteiger partial charge < -0.3 is 9.47 Å². The van der Waals surface area contributed by atoms with Gasteiger partial charge in [0.1, 0.15) is 5.82 Å². The highest BCUT2D eigenvalue weighted by Gasteiger charge is 2.47. The van der Waals surface area contributed by atoms with Crippen LogP contribution in [0.5, 0.6) is 0 Å². The smallest absolute Gasteiger partial charge is 0.320 e. The minimum atomic E-state index is -0.981. The topological polar surface area (TPSA) is 52.6 Å². The maximum absolute atomic E-state index is 13.3. The van der Waals surface area contributed by atoms with E-state index in [-0.39, 0.29) is 18.3 Å². The van der Waals surface area contributed by atoms with Crippen LogP contribution in [-0.2, 0) is 19.1 Å². The number of hydrogen-bond acceptors (Lipinski definition) is 4. The van der Waals surface area contributed by atoms with E-state index in [2.05, 4.69) is 0 Å². The normalized spacial score (nSPS) is 21.2. The second-order valence-electron chi connectivity index (χ2n) is 5.73. The Kier molecular flexibility index (Phi) is 4.60. The maximum atomic E-state index is 13.3. The van der Waals surface area contributed by atoms with E-state index in [0.717, 1.165) is 11.1 Å². The molecule has 0 saturated carbocycles. The van der Waals surface area contributed by atoms with E-state index in [1.54, 1.807) is 12.1 Å². The fourth-order valence-electron chi connectivity index (χ4n) is 3.24. The van der Waals surface area contributed by atoms with Gasteiger partial charge in [0, 0.05) is 11.8 Å². The molecule has 1 saturated heterocycles. The number of halogens is 1. The highest BCUT2D eigenvalue weighted by atomic mass is 19.1. The largest absolute Gasteiger partial charge is 0.468 e. The molecule has 124 valence electrons. The molecule has 0 amide bonds. The Balaban J connectivity index is 2.06. The van der Waals surface area contributed by atoms with Gasteiger partial charge in [-0.2, -0.15) is 0 Å². The van der Waals surface area contributed by atoms with Gasteiger partial charge in [0.05, 0.1) is 13.7 Å². The summed E-state index contributed by atoms with van der Waals surface area (Å²) in [7, 11) is 1.25. The van der Waals surface area contributed by atoms with Gasteiger partial charge in [0.25, 0.3) is 0 Å². The van der Waals surface area contributed by atoms with Crippen LogP contribution in [0, 0.1) is 17.7 Å². The highest BCUT2D eigenvalue weighted by molar-refractivity contribution is 5.96. The molecule has 2 aromatic carbocycles. The summed E-state index contributed by atoms with van der Waals surface area (Å²) in [6, 6.07) is 15.6. The van der Waals surface area contributed by atoms with E-state index >= 15 is 0 Å². The van der Waals surface area contributed by atoms with Crippen LogP contribution in [0.15, 0.2) is 54.6 Å². The Morgan fingerprint density at radius 3 is 2.38 bits per heavy atom. The van der Waals surface area contributed by atoms with Gasteiger partial charge in [-0.15, -0.1) is 0 Å². The Bertz CT molecular complexity index is 727. The number of carbonyl (C=O) groups excluding carboxylic acids is 2. The van der Waals surface area contributed by atoms with Crippen molar-refractivity contribution in [3.8, 4) is 0 Å². The Hall–Kier alpha value is -2.69. The molecule has 24 heavy (non-hydrogen) atoms. The van der Waals surface area contributed by atoms with Crippen molar-refractivity contribution < 1.29 is 23.5 Å². The van der Waals surface area contributed by atoms with Crippen LogP contribution in [0.1, 0.15) is 17.0 Å². The SMILES string of the molecule is COC(=O)[C@H]1C(=O)OC[C@@H]1[C@@H](c1ccccc1)c1ccc(F)cc1. The van der Waals surface area contributed by atoms with E-state index in [9.17, 15) is 14.0 Å². The standard InChI is InChI=1S/C19H17FO4/c1-23-18(21)17-15(11-24-19(17)22)16(12-5-3-2-4-6-12)13-7-9-14(20)10-8-13/h2-10,15-17H,11H2,1H3/t15-,16+,17+/m1/s1. The van der Waals surface area contributed by atoms with Gasteiger partial charge in [0.2, 0.25) is 0 Å². The van der Waals surface area contributed by atoms with Crippen molar-refractivity contribution >= 4 is 11.9 Å². The highest BCUT2D eigenvalue weighted by Crippen LogP contribution is 2.40. The summed E-state index contributed by atoms with van der Waals surface area (Å²) in [5.41, 5.74) is 1.75. The molecule has 0 radical (unpaired) electrons. The third-order valence-electron chi connectivity index (χ3n) is 4.37. The number of hydrogen-bond donors (Lipinski definition) is 0. The summed E-state index contributed by atoms with van der Waals surface area (Å²) in [5.74, 6) is -3.18. The van der Waals surface area contributed by atoms with Crippen molar-refractivity contribution in [2.24, 2.45) is 11.8 Å². The fourth-order valence-corrected chi connectivity index (χ4v) is 3.24. The number of rotatable bonds is 4. The molecule has 0 spiro atoms. The lowest BCUT2D eigenvalue weighted by Gasteiger charge is -2.25. The average molecular weight is 328 g/mol. The van der Waals surface area contributed by atoms with E-state index in [0.29, 0.717) is 0 Å². The quantitative estimate of drug-likeness (QED) is 0.640. The number of benzene rings is 2. The zero-order chi connectivity index (χ0) is 17.1. The first kappa shape index (κ1) is 16.2. The van der Waals surface area contributed by atoms with Crippen LogP contribution >= 0.6 is 0 Å². The molecule has 0 bridgehead atoms. The summed E-state index contributed by atoms with van der Waals surface area (Å²) >= 11 is 0. The van der Waals surface area contributed by atoms with Gasteiger partial charge >= 0.3 is 11.9 Å². The van der Waals surface area contributed by atoms with Gasteiger partial charge in [-0.1, -0.05) is 42.5 Å². The van der Waals surface area contributed by atoms with Crippen molar-refractivity contribution in [2.45, 2.75) is 5.92 Å². The molecular formula is C19H17FO4. The predicted molar refractivity (Wildman–Crippen MR) is 84.6 cm³/mol. The molecule has 0 unspecified atom stereocenters. The summed E-state index contributed by atoms with van der Waals surface area (Å²) in [6.07, 6.45) is 0. The fraction of sp³-hybridized carbons (Fsp3) is 0.263. The van der Waals surface area contributed by atoms with Crippen LogP contribution in [-0.4, -0.2) is 25.7 Å². The molecule has 1 heterocycles. The third kappa shape index (κ3) is 3.02. The number of carbonyl (C=O) groups is 2. The predicted octanol–water partition coefficient (Wildman–Crippen LogP) is 2.92. The van der Waals surface area contributed by atoms with E-state index in [1.165, 1.54) is 19.2 Å². The second kappa shape index (κ2) is 6.83. The number of esters is 2. The second-order valence-corrected chi connectivity index (χ2v) is 5.73. The Morgan fingerprint density at radius 2 is 1.75 bits per heavy atom. The lowest BCUT2D eigenvalue weighted by atomic mass is 9.75. The minimum Gasteiger partial charge on any atom is -0.468 e. The number of ether oxygens (including phenoxy) is 2. The molecule has 3 atom stereocenters. The van der Waals surface area contributed by atoms with Gasteiger partial charge in [-0.25, -0.2) is 4.39 Å². The maximum Gasteiger partial charge on any atom is 0.320 e. The van der Waals surface area contributed by atoms with Crippen LogP contribution in [0.3, 0.4) is 0 Å². The molecule has 0 aliphatic carbocycles. The lowest BCUT2D eigenvalue weighted by molar-refractivity contribution is -0.154. The summed E-state index contributed by atoms with van der Waals surface area (Å²) in [4.78, 5) is 24.1. The lowest BCUT2D eigenvalue weighted by Crippen LogP contribution is -2.31. The Morgan fingerprint density at radius 1 is 1.12 bits per heavy atom. The van der Waals surface area contributed by atoms with Crippen LogP contribution < -0.4 is 0 Å². The van der Waals surface area contributed by atoms with E-state index in [4.69, 9.17) is 9.47 Å². The number of cyclic esters (lactones) is 1. The van der Waals surface area contributed by atoms with Gasteiger partial charge in [-0.05, 0) is 23.3 Å². The Labute approximate surface area is 139 Å². The van der Waals surface area contributed by atoms with Crippen molar-refractivity contribution in [2.75, 3.05) is 13.7 Å². The van der Waals surface area contributed by atoms with Gasteiger partial charge in [0.15, 0.2) is 5.92 Å². The van der Waals surface area contributed by atoms with Crippen molar-refractivity contribution in [3.05, 3.63) is 71.5 Å². The van der Waals surface area contributed by atoms with Crippen LogP contribution in [0.4, 0.5) is 4.39 Å². The molecule has 3 rings (SSSR count). The zero-order valence-corrected chi connectivity index (χ0v) is 13.1. The first-order valence-electron chi connectivity index (χ1n) is 7.66. The van der Waals surface area contributed by atoms with Crippen LogP contribution in [0.25, 0.3) is 0 Å².